The minimum atomic E-state index is -0.725. The molecule has 3 nitrogen and oxygen atoms in total. The molecule has 0 radical (unpaired) electrons. The van der Waals surface area contributed by atoms with Crippen LogP contribution in [-0.2, 0) is 4.79 Å². The molecule has 1 atom stereocenters. The van der Waals surface area contributed by atoms with Gasteiger partial charge < -0.3 is 10.0 Å². The van der Waals surface area contributed by atoms with Gasteiger partial charge in [0.05, 0.1) is 6.42 Å². The molecule has 0 aromatic rings. The van der Waals surface area contributed by atoms with E-state index in [1.165, 1.54) is 0 Å². The smallest absolute Gasteiger partial charge is 0.305 e. The summed E-state index contributed by atoms with van der Waals surface area (Å²) in [5.74, 6) is -0.205. The van der Waals surface area contributed by atoms with Crippen LogP contribution in [0.3, 0.4) is 0 Å². The summed E-state index contributed by atoms with van der Waals surface area (Å²) in [6.07, 6.45) is 1.12. The highest BCUT2D eigenvalue weighted by molar-refractivity contribution is 5.68. The van der Waals surface area contributed by atoms with Crippen LogP contribution in [0.4, 0.5) is 0 Å². The Kier molecular flexibility index (Phi) is 4.40. The Labute approximate surface area is 80.7 Å². The highest BCUT2D eigenvalue weighted by atomic mass is 16.4. The predicted octanol–water partition coefficient (Wildman–Crippen LogP) is 1.83. The van der Waals surface area contributed by atoms with Crippen molar-refractivity contribution in [1.82, 2.24) is 4.90 Å². The molecule has 13 heavy (non-hydrogen) atoms. The molecular weight excluding hydrogens is 166 g/mol. The number of rotatable bonds is 5. The second-order valence-corrected chi connectivity index (χ2v) is 4.56. The summed E-state index contributed by atoms with van der Waals surface area (Å²) in [6.45, 7) is 6.23. The number of carboxylic acids is 1. The van der Waals surface area contributed by atoms with Crippen LogP contribution in [0.2, 0.25) is 0 Å². The third kappa shape index (κ3) is 4.27. The van der Waals surface area contributed by atoms with Gasteiger partial charge in [-0.15, -0.1) is 0 Å². The number of carbonyl (C=O) groups is 1. The first kappa shape index (κ1) is 12.4. The van der Waals surface area contributed by atoms with Crippen LogP contribution in [0.5, 0.6) is 0 Å². The van der Waals surface area contributed by atoms with E-state index in [9.17, 15) is 4.79 Å². The van der Waals surface area contributed by atoms with Crippen molar-refractivity contribution >= 4 is 5.97 Å². The van der Waals surface area contributed by atoms with Crippen molar-refractivity contribution in [3.63, 3.8) is 0 Å². The number of hydrogen-bond acceptors (Lipinski definition) is 2. The molecule has 1 unspecified atom stereocenters. The molecule has 0 aromatic heterocycles. The molecule has 0 aliphatic rings. The molecule has 0 aliphatic heterocycles. The first-order valence-corrected chi connectivity index (χ1v) is 4.67. The van der Waals surface area contributed by atoms with Gasteiger partial charge in [-0.25, -0.2) is 0 Å². The molecule has 0 aliphatic carbocycles. The van der Waals surface area contributed by atoms with Crippen molar-refractivity contribution in [2.75, 3.05) is 14.1 Å². The molecule has 0 saturated heterocycles. The number of nitrogens with zero attached hydrogens (tertiary/aromatic N) is 1. The molecule has 0 bridgehead atoms. The van der Waals surface area contributed by atoms with Crippen LogP contribution in [0.25, 0.3) is 0 Å². The van der Waals surface area contributed by atoms with Gasteiger partial charge in [0.25, 0.3) is 0 Å². The van der Waals surface area contributed by atoms with Gasteiger partial charge in [0.2, 0.25) is 0 Å². The minimum absolute atomic E-state index is 0.207. The van der Waals surface area contributed by atoms with E-state index in [4.69, 9.17) is 5.11 Å². The summed E-state index contributed by atoms with van der Waals surface area (Å²) < 4.78 is 0. The van der Waals surface area contributed by atoms with E-state index in [1.54, 1.807) is 0 Å². The van der Waals surface area contributed by atoms with Crippen LogP contribution in [-0.4, -0.2) is 35.6 Å². The fraction of sp³-hybridized carbons (Fsp3) is 0.900. The number of carboxylic acid groups (broad SMARTS) is 1. The Balaban J connectivity index is 4.43. The van der Waals surface area contributed by atoms with E-state index >= 15 is 0 Å². The second kappa shape index (κ2) is 4.61. The largest absolute Gasteiger partial charge is 0.481 e. The predicted molar refractivity (Wildman–Crippen MR) is 53.8 cm³/mol. The lowest BCUT2D eigenvalue weighted by Crippen LogP contribution is -2.44. The van der Waals surface area contributed by atoms with Gasteiger partial charge in [-0.3, -0.25) is 4.79 Å². The van der Waals surface area contributed by atoms with Gasteiger partial charge in [0.1, 0.15) is 0 Å². The molecular formula is C10H21NO2. The Morgan fingerprint density at radius 1 is 1.46 bits per heavy atom. The molecule has 0 fully saturated rings. The van der Waals surface area contributed by atoms with Crippen LogP contribution >= 0.6 is 0 Å². The minimum Gasteiger partial charge on any atom is -0.481 e. The van der Waals surface area contributed by atoms with Crippen molar-refractivity contribution in [3.8, 4) is 0 Å². The Bertz CT molecular complexity index is 178. The average molecular weight is 187 g/mol. The van der Waals surface area contributed by atoms with Gasteiger partial charge in [0.15, 0.2) is 0 Å². The summed E-state index contributed by atoms with van der Waals surface area (Å²) >= 11 is 0. The molecule has 0 heterocycles. The third-order valence-corrected chi connectivity index (χ3v) is 2.46. The summed E-state index contributed by atoms with van der Waals surface area (Å²) in [7, 11) is 3.87. The second-order valence-electron chi connectivity index (χ2n) is 4.56. The topological polar surface area (TPSA) is 40.5 Å². The number of aliphatic carboxylic acids is 1. The van der Waals surface area contributed by atoms with Gasteiger partial charge in [0, 0.05) is 5.54 Å². The Morgan fingerprint density at radius 3 is 2.15 bits per heavy atom. The Hall–Kier alpha value is -0.570. The van der Waals surface area contributed by atoms with E-state index in [2.05, 4.69) is 13.8 Å². The zero-order valence-corrected chi connectivity index (χ0v) is 9.29. The molecule has 0 rings (SSSR count). The quantitative estimate of drug-likeness (QED) is 0.713. The highest BCUT2D eigenvalue weighted by Crippen LogP contribution is 2.25. The lowest BCUT2D eigenvalue weighted by molar-refractivity contribution is -0.140. The highest BCUT2D eigenvalue weighted by Gasteiger charge is 2.30. The summed E-state index contributed by atoms with van der Waals surface area (Å²) in [5, 5.41) is 8.78. The molecule has 1 N–H and O–H groups in total. The number of hydrogen-bond donors (Lipinski definition) is 1. The SMILES string of the molecule is CC(C)CC(C)(CC(=O)O)N(C)C. The van der Waals surface area contributed by atoms with Crippen LogP contribution in [0.1, 0.15) is 33.6 Å². The summed E-state index contributed by atoms with van der Waals surface area (Å²) in [6, 6.07) is 0. The van der Waals surface area contributed by atoms with Crippen LogP contribution in [0.15, 0.2) is 0 Å². The van der Waals surface area contributed by atoms with E-state index in [0.29, 0.717) is 5.92 Å². The summed E-state index contributed by atoms with van der Waals surface area (Å²) in [4.78, 5) is 12.7. The monoisotopic (exact) mass is 187 g/mol. The van der Waals surface area contributed by atoms with Gasteiger partial charge in [-0.2, -0.15) is 0 Å². The van der Waals surface area contributed by atoms with Gasteiger partial charge in [-0.1, -0.05) is 13.8 Å². The third-order valence-electron chi connectivity index (χ3n) is 2.46. The van der Waals surface area contributed by atoms with Crippen molar-refractivity contribution in [3.05, 3.63) is 0 Å². The molecule has 0 spiro atoms. The van der Waals surface area contributed by atoms with Gasteiger partial charge >= 0.3 is 5.97 Å². The molecule has 3 heteroatoms. The van der Waals surface area contributed by atoms with Crippen molar-refractivity contribution in [2.45, 2.75) is 39.2 Å². The molecule has 0 saturated carbocycles. The lowest BCUT2D eigenvalue weighted by atomic mass is 9.86. The average Bonchev–Trinajstić information content (AvgIpc) is 1.82. The van der Waals surface area contributed by atoms with Crippen molar-refractivity contribution in [2.24, 2.45) is 5.92 Å². The van der Waals surface area contributed by atoms with E-state index < -0.39 is 5.97 Å². The lowest BCUT2D eigenvalue weighted by Gasteiger charge is -2.36. The summed E-state index contributed by atoms with van der Waals surface area (Å²) in [5.41, 5.74) is -0.222. The Morgan fingerprint density at radius 2 is 1.92 bits per heavy atom. The fourth-order valence-corrected chi connectivity index (χ4v) is 1.62. The molecule has 0 aromatic carbocycles. The van der Waals surface area contributed by atoms with Crippen molar-refractivity contribution < 1.29 is 9.90 Å². The zero-order chi connectivity index (χ0) is 10.6. The maximum atomic E-state index is 10.7. The van der Waals surface area contributed by atoms with Crippen molar-refractivity contribution in [1.29, 1.82) is 0 Å². The maximum Gasteiger partial charge on any atom is 0.305 e. The standard InChI is InChI=1S/C10H21NO2/c1-8(2)6-10(3,11(4)5)7-9(12)13/h8H,6-7H2,1-5H3,(H,12,13). The van der Waals surface area contributed by atoms with Gasteiger partial charge in [-0.05, 0) is 33.4 Å². The normalized spacial score (nSPS) is 16.2. The first-order chi connectivity index (χ1) is 5.78. The first-order valence-electron chi connectivity index (χ1n) is 4.67. The molecule has 78 valence electrons. The van der Waals surface area contributed by atoms with E-state index in [0.717, 1.165) is 6.42 Å². The van der Waals surface area contributed by atoms with Crippen LogP contribution < -0.4 is 0 Å². The van der Waals surface area contributed by atoms with Crippen LogP contribution in [0, 0.1) is 5.92 Å². The zero-order valence-electron chi connectivity index (χ0n) is 9.29. The fourth-order valence-electron chi connectivity index (χ4n) is 1.62. The molecule has 0 amide bonds. The maximum absolute atomic E-state index is 10.7. The van der Waals surface area contributed by atoms with E-state index in [1.807, 2.05) is 25.9 Å². The van der Waals surface area contributed by atoms with E-state index in [-0.39, 0.29) is 12.0 Å².